The Morgan fingerprint density at radius 3 is 2.62 bits per heavy atom. The average molecular weight is 223 g/mol. The van der Waals surface area contributed by atoms with E-state index in [1.807, 2.05) is 6.92 Å². The molecule has 4 nitrogen and oxygen atoms in total. The van der Waals surface area contributed by atoms with Crippen molar-refractivity contribution in [1.29, 1.82) is 0 Å². The predicted molar refractivity (Wildman–Crippen MR) is 62.4 cm³/mol. The molecule has 0 aromatic heterocycles. The van der Waals surface area contributed by atoms with Crippen LogP contribution in [0.2, 0.25) is 0 Å². The van der Waals surface area contributed by atoms with Crippen LogP contribution in [-0.2, 0) is 0 Å². The van der Waals surface area contributed by atoms with E-state index in [2.05, 4.69) is 5.32 Å². The van der Waals surface area contributed by atoms with Crippen LogP contribution in [-0.4, -0.2) is 33.1 Å². The summed E-state index contributed by atoms with van der Waals surface area (Å²) in [6, 6.07) is 5.18. The molecule has 0 unspecified atom stereocenters. The van der Waals surface area contributed by atoms with Gasteiger partial charge in [-0.3, -0.25) is 4.79 Å². The van der Waals surface area contributed by atoms with Crippen molar-refractivity contribution < 1.29 is 14.3 Å². The Hall–Kier alpha value is -1.55. The van der Waals surface area contributed by atoms with Crippen molar-refractivity contribution in [1.82, 2.24) is 5.32 Å². The van der Waals surface area contributed by atoms with E-state index in [-0.39, 0.29) is 5.78 Å². The van der Waals surface area contributed by atoms with Crippen LogP contribution in [0.4, 0.5) is 0 Å². The summed E-state index contributed by atoms with van der Waals surface area (Å²) in [4.78, 5) is 11.8. The summed E-state index contributed by atoms with van der Waals surface area (Å²) >= 11 is 0. The lowest BCUT2D eigenvalue weighted by Crippen LogP contribution is -2.22. The number of hydrogen-bond donors (Lipinski definition) is 1. The molecule has 1 aromatic rings. The van der Waals surface area contributed by atoms with Crippen LogP contribution in [0.1, 0.15) is 17.3 Å². The van der Waals surface area contributed by atoms with Gasteiger partial charge in [-0.05, 0) is 18.7 Å². The zero-order chi connectivity index (χ0) is 12.0. The molecule has 16 heavy (non-hydrogen) atoms. The van der Waals surface area contributed by atoms with Gasteiger partial charge in [0.25, 0.3) is 0 Å². The second-order valence-electron chi connectivity index (χ2n) is 3.27. The summed E-state index contributed by atoms with van der Waals surface area (Å²) in [5.74, 6) is 1.24. The molecular weight excluding hydrogens is 206 g/mol. The molecule has 0 saturated heterocycles. The second kappa shape index (κ2) is 6.12. The molecule has 0 spiro atoms. The predicted octanol–water partition coefficient (Wildman–Crippen LogP) is 1.50. The number of methoxy groups -OCH3 is 2. The minimum absolute atomic E-state index is 0.0151. The molecule has 4 heteroatoms. The van der Waals surface area contributed by atoms with Crippen LogP contribution in [0.15, 0.2) is 18.2 Å². The van der Waals surface area contributed by atoms with Crippen LogP contribution in [0.3, 0.4) is 0 Å². The number of carbonyl (C=O) groups is 1. The van der Waals surface area contributed by atoms with Crippen molar-refractivity contribution in [3.63, 3.8) is 0 Å². The molecule has 0 aliphatic carbocycles. The first-order valence-corrected chi connectivity index (χ1v) is 5.18. The summed E-state index contributed by atoms with van der Waals surface area (Å²) in [5, 5.41) is 2.99. The number of ether oxygens (including phenoxy) is 2. The first kappa shape index (κ1) is 12.5. The van der Waals surface area contributed by atoms with Gasteiger partial charge in [-0.1, -0.05) is 6.92 Å². The summed E-state index contributed by atoms with van der Waals surface area (Å²) in [6.45, 7) is 3.04. The lowest BCUT2D eigenvalue weighted by Gasteiger charge is -2.09. The Balaban J connectivity index is 2.90. The fourth-order valence-corrected chi connectivity index (χ4v) is 1.36. The van der Waals surface area contributed by atoms with Crippen LogP contribution in [0.25, 0.3) is 0 Å². The Morgan fingerprint density at radius 1 is 1.31 bits per heavy atom. The van der Waals surface area contributed by atoms with Gasteiger partial charge in [0.15, 0.2) is 5.78 Å². The highest BCUT2D eigenvalue weighted by Crippen LogP contribution is 2.24. The van der Waals surface area contributed by atoms with Gasteiger partial charge in [0.2, 0.25) is 0 Å². The van der Waals surface area contributed by atoms with Gasteiger partial charge in [-0.15, -0.1) is 0 Å². The van der Waals surface area contributed by atoms with Gasteiger partial charge in [-0.2, -0.15) is 0 Å². The summed E-state index contributed by atoms with van der Waals surface area (Å²) in [5.41, 5.74) is 0.573. The third kappa shape index (κ3) is 2.97. The number of ketones is 1. The third-order valence-corrected chi connectivity index (χ3v) is 2.24. The molecule has 1 N–H and O–H groups in total. The van der Waals surface area contributed by atoms with Crippen molar-refractivity contribution in [3.05, 3.63) is 23.8 Å². The van der Waals surface area contributed by atoms with Gasteiger partial charge >= 0.3 is 0 Å². The highest BCUT2D eigenvalue weighted by atomic mass is 16.5. The molecule has 0 saturated carbocycles. The topological polar surface area (TPSA) is 47.6 Å². The molecule has 1 aromatic carbocycles. The number of nitrogens with one attached hydrogen (secondary N) is 1. The largest absolute Gasteiger partial charge is 0.497 e. The monoisotopic (exact) mass is 223 g/mol. The van der Waals surface area contributed by atoms with E-state index in [4.69, 9.17) is 9.47 Å². The van der Waals surface area contributed by atoms with Crippen LogP contribution in [0.5, 0.6) is 11.5 Å². The summed E-state index contributed by atoms with van der Waals surface area (Å²) in [7, 11) is 3.12. The lowest BCUT2D eigenvalue weighted by molar-refractivity contribution is 0.0989. The molecule has 0 aliphatic rings. The Bertz CT molecular complexity index is 363. The third-order valence-electron chi connectivity index (χ3n) is 2.24. The average Bonchev–Trinajstić information content (AvgIpc) is 2.34. The van der Waals surface area contributed by atoms with Gasteiger partial charge < -0.3 is 14.8 Å². The standard InChI is InChI=1S/C12H17NO3/c1-4-13-8-11(14)10-6-5-9(15-2)7-12(10)16-3/h5-7,13H,4,8H2,1-3H3. The summed E-state index contributed by atoms with van der Waals surface area (Å²) < 4.78 is 10.2. The molecule has 88 valence electrons. The SMILES string of the molecule is CCNCC(=O)c1ccc(OC)cc1OC. The van der Waals surface area contributed by atoms with Crippen molar-refractivity contribution >= 4 is 5.78 Å². The molecule has 0 fully saturated rings. The molecule has 0 bridgehead atoms. The number of hydrogen-bond acceptors (Lipinski definition) is 4. The number of Topliss-reactive ketones (excluding diaryl/α,β-unsaturated/α-hetero) is 1. The Labute approximate surface area is 95.6 Å². The quantitative estimate of drug-likeness (QED) is 0.742. The van der Waals surface area contributed by atoms with Gasteiger partial charge in [0, 0.05) is 6.07 Å². The van der Waals surface area contributed by atoms with Crippen molar-refractivity contribution in [3.8, 4) is 11.5 Å². The van der Waals surface area contributed by atoms with Crippen molar-refractivity contribution in [2.24, 2.45) is 0 Å². The minimum Gasteiger partial charge on any atom is -0.497 e. The number of benzene rings is 1. The molecule has 0 aliphatic heterocycles. The van der Waals surface area contributed by atoms with E-state index in [0.717, 1.165) is 6.54 Å². The first-order chi connectivity index (χ1) is 7.72. The maximum atomic E-state index is 11.8. The van der Waals surface area contributed by atoms with Gasteiger partial charge in [0.05, 0.1) is 26.3 Å². The van der Waals surface area contributed by atoms with E-state index in [0.29, 0.717) is 23.6 Å². The molecule has 0 atom stereocenters. The van der Waals surface area contributed by atoms with Gasteiger partial charge in [-0.25, -0.2) is 0 Å². The van der Waals surface area contributed by atoms with Gasteiger partial charge in [0.1, 0.15) is 11.5 Å². The van der Waals surface area contributed by atoms with E-state index in [9.17, 15) is 4.79 Å². The summed E-state index contributed by atoms with van der Waals surface area (Å²) in [6.07, 6.45) is 0. The fourth-order valence-electron chi connectivity index (χ4n) is 1.36. The van der Waals surface area contributed by atoms with E-state index in [1.54, 1.807) is 32.4 Å². The maximum absolute atomic E-state index is 11.8. The van der Waals surface area contributed by atoms with Crippen LogP contribution in [0, 0.1) is 0 Å². The molecule has 0 radical (unpaired) electrons. The molecule has 1 rings (SSSR count). The number of carbonyl (C=O) groups excluding carboxylic acids is 1. The lowest BCUT2D eigenvalue weighted by atomic mass is 10.1. The highest BCUT2D eigenvalue weighted by molar-refractivity contribution is 6.00. The molecular formula is C12H17NO3. The fraction of sp³-hybridized carbons (Fsp3) is 0.417. The smallest absolute Gasteiger partial charge is 0.180 e. The highest BCUT2D eigenvalue weighted by Gasteiger charge is 2.12. The van der Waals surface area contributed by atoms with Crippen LogP contribution >= 0.6 is 0 Å². The van der Waals surface area contributed by atoms with Crippen molar-refractivity contribution in [2.45, 2.75) is 6.92 Å². The normalized spacial score (nSPS) is 9.94. The van der Waals surface area contributed by atoms with E-state index >= 15 is 0 Å². The van der Waals surface area contributed by atoms with Crippen molar-refractivity contribution in [2.75, 3.05) is 27.3 Å². The Morgan fingerprint density at radius 2 is 2.06 bits per heavy atom. The minimum atomic E-state index is 0.0151. The first-order valence-electron chi connectivity index (χ1n) is 5.18. The number of rotatable bonds is 6. The second-order valence-corrected chi connectivity index (χ2v) is 3.27. The number of likely N-dealkylation sites (N-methyl/N-ethyl adjacent to an activating group) is 1. The Kier molecular flexibility index (Phi) is 4.79. The zero-order valence-corrected chi connectivity index (χ0v) is 9.87. The van der Waals surface area contributed by atoms with E-state index in [1.165, 1.54) is 0 Å². The van der Waals surface area contributed by atoms with Crippen LogP contribution < -0.4 is 14.8 Å². The van der Waals surface area contributed by atoms with E-state index < -0.39 is 0 Å². The molecule has 0 heterocycles. The maximum Gasteiger partial charge on any atom is 0.180 e. The zero-order valence-electron chi connectivity index (χ0n) is 9.87. The molecule has 0 amide bonds.